The Kier molecular flexibility index (Phi) is 5.41. The molecule has 1 aromatic carbocycles. The predicted molar refractivity (Wildman–Crippen MR) is 69.7 cm³/mol. The second-order valence-electron chi connectivity index (χ2n) is 3.56. The Balaban J connectivity index is 3.25. The number of carbonyl (C=O) groups excluding carboxylic acids is 2. The van der Waals surface area contributed by atoms with E-state index in [-0.39, 0.29) is 27.2 Å². The zero-order chi connectivity index (χ0) is 15.5. The quantitative estimate of drug-likeness (QED) is 0.651. The Morgan fingerprint density at radius 1 is 1.40 bits per heavy atom. The van der Waals surface area contributed by atoms with E-state index in [1.54, 1.807) is 5.32 Å². The van der Waals surface area contributed by atoms with Crippen molar-refractivity contribution < 1.29 is 27.5 Å². The van der Waals surface area contributed by atoms with Crippen molar-refractivity contribution in [2.24, 2.45) is 0 Å². The first-order valence-corrected chi connectivity index (χ1v) is 6.38. The average Bonchev–Trinajstić information content (AvgIpc) is 2.36. The third-order valence-electron chi connectivity index (χ3n) is 2.26. The second kappa shape index (κ2) is 6.45. The lowest BCUT2D eigenvalue weighted by Crippen LogP contribution is -2.30. The fraction of sp³-hybridized carbons (Fsp3) is 0.273. The lowest BCUT2D eigenvalue weighted by atomic mass is 10.1. The number of anilines is 1. The van der Waals surface area contributed by atoms with Crippen LogP contribution < -0.4 is 5.32 Å². The highest BCUT2D eigenvalue weighted by Gasteiger charge is 2.39. The molecule has 0 saturated carbocycles. The summed E-state index contributed by atoms with van der Waals surface area (Å²) in [6, 6.07) is 2.41. The molecule has 0 aliphatic rings. The lowest BCUT2D eigenvalue weighted by molar-refractivity contribution is -0.167. The Morgan fingerprint density at radius 2 is 2.00 bits per heavy atom. The van der Waals surface area contributed by atoms with Crippen LogP contribution in [0.4, 0.5) is 18.9 Å². The first-order valence-electron chi connectivity index (χ1n) is 5.05. The Hall–Kier alpha value is -1.28. The molecule has 0 radical (unpaired) electrons. The maximum Gasteiger partial charge on any atom is 0.471 e. The third kappa shape index (κ3) is 3.86. The van der Waals surface area contributed by atoms with Gasteiger partial charge in [-0.3, -0.25) is 4.79 Å². The van der Waals surface area contributed by atoms with Crippen molar-refractivity contribution in [3.05, 3.63) is 27.7 Å². The van der Waals surface area contributed by atoms with Gasteiger partial charge in [0.1, 0.15) is 0 Å². The number of esters is 1. The van der Waals surface area contributed by atoms with Crippen molar-refractivity contribution in [1.82, 2.24) is 0 Å². The van der Waals surface area contributed by atoms with Crippen molar-refractivity contribution in [2.75, 3.05) is 12.4 Å². The molecule has 0 spiro atoms. The molecule has 0 bridgehead atoms. The second-order valence-corrected chi connectivity index (χ2v) is 4.68. The number of hydrogen-bond acceptors (Lipinski definition) is 3. The summed E-state index contributed by atoms with van der Waals surface area (Å²) in [6.07, 6.45) is -5.04. The van der Waals surface area contributed by atoms with Gasteiger partial charge >= 0.3 is 18.1 Å². The number of nitrogens with one attached hydrogen (secondary N) is 1. The molecule has 0 fully saturated rings. The number of carbonyl (C=O) groups is 2. The number of rotatable bonds is 3. The maximum atomic E-state index is 12.2. The van der Waals surface area contributed by atoms with Crippen LogP contribution in [0.3, 0.4) is 0 Å². The molecule has 0 aliphatic heterocycles. The molecule has 20 heavy (non-hydrogen) atoms. The summed E-state index contributed by atoms with van der Waals surface area (Å²) in [5.74, 6) is -3.07. The smallest absolute Gasteiger partial charge is 0.465 e. The summed E-state index contributed by atoms with van der Waals surface area (Å²) < 4.78 is 41.5. The minimum absolute atomic E-state index is 0.0225. The summed E-state index contributed by atoms with van der Waals surface area (Å²) in [4.78, 5) is 22.3. The number of hydrogen-bond donors (Lipinski definition) is 1. The van der Waals surface area contributed by atoms with Gasteiger partial charge in [-0.05, 0) is 12.1 Å². The van der Waals surface area contributed by atoms with E-state index in [4.69, 9.17) is 11.6 Å². The van der Waals surface area contributed by atoms with Gasteiger partial charge in [0, 0.05) is 15.7 Å². The topological polar surface area (TPSA) is 55.4 Å². The van der Waals surface area contributed by atoms with Crippen LogP contribution in [0.25, 0.3) is 0 Å². The molecule has 0 atom stereocenters. The normalized spacial score (nSPS) is 11.1. The van der Waals surface area contributed by atoms with Crippen LogP contribution in [0.5, 0.6) is 0 Å². The van der Waals surface area contributed by atoms with Crippen LogP contribution in [0.2, 0.25) is 0 Å². The van der Waals surface area contributed by atoms with E-state index in [9.17, 15) is 22.8 Å². The molecule has 1 N–H and O–H groups in total. The molecule has 0 heterocycles. The summed E-state index contributed by atoms with van der Waals surface area (Å²) in [7, 11) is 1.12. The van der Waals surface area contributed by atoms with Crippen LogP contribution in [0, 0.1) is 0 Å². The minimum atomic E-state index is -5.04. The van der Waals surface area contributed by atoms with Crippen molar-refractivity contribution in [1.29, 1.82) is 0 Å². The molecule has 0 saturated heterocycles. The largest absolute Gasteiger partial charge is 0.471 e. The molecule has 1 amide bonds. The first kappa shape index (κ1) is 16.8. The van der Waals surface area contributed by atoms with Gasteiger partial charge in [0.15, 0.2) is 0 Å². The van der Waals surface area contributed by atoms with Crippen LogP contribution in [-0.4, -0.2) is 25.2 Å². The van der Waals surface area contributed by atoms with Gasteiger partial charge in [-0.15, -0.1) is 11.6 Å². The molecular formula is C11H8BrClF3NO3. The molecule has 9 heteroatoms. The predicted octanol–water partition coefficient (Wildman–Crippen LogP) is 3.48. The molecule has 1 aromatic rings. The monoisotopic (exact) mass is 373 g/mol. The number of methoxy groups -OCH3 is 1. The number of halogens is 5. The SMILES string of the molecule is COC(=O)c1cc(Br)c(CCl)c(NC(=O)C(F)(F)F)c1. The highest BCUT2D eigenvalue weighted by Crippen LogP contribution is 2.30. The molecule has 0 aliphatic carbocycles. The fourth-order valence-electron chi connectivity index (χ4n) is 1.31. The summed E-state index contributed by atoms with van der Waals surface area (Å²) in [5.41, 5.74) is -0.0141. The van der Waals surface area contributed by atoms with E-state index in [0.29, 0.717) is 0 Å². The van der Waals surface area contributed by atoms with E-state index in [0.717, 1.165) is 13.2 Å². The number of alkyl halides is 4. The van der Waals surface area contributed by atoms with Gasteiger partial charge in [-0.25, -0.2) is 4.79 Å². The Bertz CT molecular complexity index is 548. The van der Waals surface area contributed by atoms with Crippen molar-refractivity contribution in [2.45, 2.75) is 12.1 Å². The van der Waals surface area contributed by atoms with Crippen molar-refractivity contribution in [3.63, 3.8) is 0 Å². The molecule has 1 rings (SSSR count). The summed E-state index contributed by atoms with van der Waals surface area (Å²) >= 11 is 8.69. The van der Waals surface area contributed by atoms with Crippen LogP contribution >= 0.6 is 27.5 Å². The first-order chi connectivity index (χ1) is 9.20. The van der Waals surface area contributed by atoms with E-state index in [1.165, 1.54) is 6.07 Å². The maximum absolute atomic E-state index is 12.2. The summed E-state index contributed by atoms with van der Waals surface area (Å²) in [6.45, 7) is 0. The highest BCUT2D eigenvalue weighted by atomic mass is 79.9. The summed E-state index contributed by atoms with van der Waals surface area (Å²) in [5, 5.41) is 1.68. The van der Waals surface area contributed by atoms with Crippen LogP contribution in [0.1, 0.15) is 15.9 Å². The zero-order valence-electron chi connectivity index (χ0n) is 9.98. The van der Waals surface area contributed by atoms with Crippen molar-refractivity contribution in [3.8, 4) is 0 Å². The van der Waals surface area contributed by atoms with Gasteiger partial charge in [-0.2, -0.15) is 13.2 Å². The van der Waals surface area contributed by atoms with Crippen LogP contribution in [0.15, 0.2) is 16.6 Å². The number of ether oxygens (including phenoxy) is 1. The Labute approximate surface area is 125 Å². The van der Waals surface area contributed by atoms with Crippen molar-refractivity contribution >= 4 is 45.1 Å². The van der Waals surface area contributed by atoms with Gasteiger partial charge < -0.3 is 10.1 Å². The standard InChI is InChI=1S/C11H8BrClF3NO3/c1-20-9(18)5-2-7(12)6(4-13)8(3-5)17-10(19)11(14,15)16/h2-3H,4H2,1H3,(H,17,19). The molecule has 110 valence electrons. The zero-order valence-corrected chi connectivity index (χ0v) is 12.3. The molecule has 0 unspecified atom stereocenters. The average molecular weight is 375 g/mol. The van der Waals surface area contributed by atoms with Gasteiger partial charge in [0.25, 0.3) is 0 Å². The number of benzene rings is 1. The minimum Gasteiger partial charge on any atom is -0.465 e. The molecular weight excluding hydrogens is 366 g/mol. The lowest BCUT2D eigenvalue weighted by Gasteiger charge is -2.14. The van der Waals surface area contributed by atoms with Crippen LogP contribution in [-0.2, 0) is 15.4 Å². The fourth-order valence-corrected chi connectivity index (χ4v) is 2.36. The Morgan fingerprint density at radius 3 is 2.45 bits per heavy atom. The molecule has 0 aromatic heterocycles. The van der Waals surface area contributed by atoms with E-state index < -0.39 is 18.1 Å². The van der Waals surface area contributed by atoms with Gasteiger partial charge in [0.05, 0.1) is 18.6 Å². The van der Waals surface area contributed by atoms with E-state index in [2.05, 4.69) is 20.7 Å². The molecule has 4 nitrogen and oxygen atoms in total. The third-order valence-corrected chi connectivity index (χ3v) is 3.23. The van der Waals surface area contributed by atoms with Gasteiger partial charge in [-0.1, -0.05) is 15.9 Å². The van der Waals surface area contributed by atoms with E-state index >= 15 is 0 Å². The van der Waals surface area contributed by atoms with Gasteiger partial charge in [0.2, 0.25) is 0 Å². The van der Waals surface area contributed by atoms with E-state index in [1.807, 2.05) is 0 Å². The number of amides is 1. The highest BCUT2D eigenvalue weighted by molar-refractivity contribution is 9.10.